The van der Waals surface area contributed by atoms with Crippen LogP contribution in [0.2, 0.25) is 0 Å². The number of ether oxygens (including phenoxy) is 1. The average molecular weight is 356 g/mol. The Kier molecular flexibility index (Phi) is 5.95. The summed E-state index contributed by atoms with van der Waals surface area (Å²) in [5.41, 5.74) is 1.29. The van der Waals surface area contributed by atoms with E-state index in [2.05, 4.69) is 4.74 Å². The lowest BCUT2D eigenvalue weighted by Gasteiger charge is -2.18. The lowest BCUT2D eigenvalue weighted by Crippen LogP contribution is -2.32. The van der Waals surface area contributed by atoms with E-state index in [9.17, 15) is 22.0 Å². The molecule has 1 unspecified atom stereocenters. The van der Waals surface area contributed by atoms with Crippen LogP contribution in [0.15, 0.2) is 48.5 Å². The highest BCUT2D eigenvalue weighted by atomic mass is 19.4. The second-order valence-electron chi connectivity index (χ2n) is 5.66. The zero-order chi connectivity index (χ0) is 18.6. The largest absolute Gasteiger partial charge is 0.414 e. The van der Waals surface area contributed by atoms with Crippen LogP contribution >= 0.6 is 0 Å². The molecule has 2 aromatic rings. The summed E-state index contributed by atoms with van der Waals surface area (Å²) >= 11 is 0. The normalized spacial score (nSPS) is 14.2. The first-order valence-corrected chi connectivity index (χ1v) is 7.53. The van der Waals surface area contributed by atoms with E-state index in [4.69, 9.17) is 0 Å². The fraction of sp³-hybridized carbons (Fsp3) is 0.263. The van der Waals surface area contributed by atoms with Crippen LogP contribution in [-0.2, 0) is 11.2 Å². The molecule has 0 bridgehead atoms. The average Bonchev–Trinajstić information content (AvgIpc) is 2.58. The third kappa shape index (κ3) is 4.89. The Morgan fingerprint density at radius 3 is 1.72 bits per heavy atom. The molecule has 0 aliphatic heterocycles. The van der Waals surface area contributed by atoms with Crippen LogP contribution in [0.3, 0.4) is 0 Å². The number of hydrogen-bond acceptors (Lipinski definition) is 1. The van der Waals surface area contributed by atoms with Gasteiger partial charge in [0, 0.05) is 24.7 Å². The Morgan fingerprint density at radius 2 is 1.32 bits per heavy atom. The Hall–Kier alpha value is -2.21. The highest BCUT2D eigenvalue weighted by Crippen LogP contribution is 2.30. The van der Waals surface area contributed by atoms with Crippen molar-refractivity contribution in [3.63, 3.8) is 0 Å². The van der Waals surface area contributed by atoms with Gasteiger partial charge in [0.05, 0.1) is 0 Å². The van der Waals surface area contributed by atoms with Crippen LogP contribution in [-0.4, -0.2) is 19.4 Å². The van der Waals surface area contributed by atoms with Crippen LogP contribution < -0.4 is 0 Å². The summed E-state index contributed by atoms with van der Waals surface area (Å²) < 4.78 is 71.0. The molecule has 2 aromatic carbocycles. The zero-order valence-corrected chi connectivity index (χ0v) is 13.7. The molecule has 0 aliphatic rings. The van der Waals surface area contributed by atoms with Gasteiger partial charge in [0.25, 0.3) is 0 Å². The molecular weight excluding hydrogens is 339 g/mol. The Morgan fingerprint density at radius 1 is 0.880 bits per heavy atom. The number of benzene rings is 2. The van der Waals surface area contributed by atoms with Crippen LogP contribution in [0.5, 0.6) is 0 Å². The molecule has 25 heavy (non-hydrogen) atoms. The molecule has 1 nitrogen and oxygen atoms in total. The molecule has 0 saturated heterocycles. The summed E-state index contributed by atoms with van der Waals surface area (Å²) in [5, 5.41) is 0. The summed E-state index contributed by atoms with van der Waals surface area (Å²) in [6, 6.07) is 11.4. The van der Waals surface area contributed by atoms with Gasteiger partial charge in [-0.25, -0.2) is 8.78 Å². The first-order valence-electron chi connectivity index (χ1n) is 7.53. The quantitative estimate of drug-likeness (QED) is 0.480. The van der Waals surface area contributed by atoms with E-state index >= 15 is 0 Å². The number of halogens is 5. The van der Waals surface area contributed by atoms with E-state index < -0.39 is 30.4 Å². The maximum atomic E-state index is 14.3. The summed E-state index contributed by atoms with van der Waals surface area (Å²) in [7, 11) is 0.978. The molecule has 0 spiro atoms. The minimum absolute atomic E-state index is 0.0391. The first-order chi connectivity index (χ1) is 11.7. The van der Waals surface area contributed by atoms with Gasteiger partial charge in [0.2, 0.25) is 0 Å². The van der Waals surface area contributed by atoms with Crippen LogP contribution in [0.4, 0.5) is 22.0 Å². The third-order valence-corrected chi connectivity index (χ3v) is 3.78. The minimum Gasteiger partial charge on any atom is -0.372 e. The maximum absolute atomic E-state index is 14.3. The molecule has 1 atom stereocenters. The lowest BCUT2D eigenvalue weighted by molar-refractivity contribution is -0.212. The van der Waals surface area contributed by atoms with Crippen molar-refractivity contribution >= 4 is 11.7 Å². The smallest absolute Gasteiger partial charge is 0.372 e. The second kappa shape index (κ2) is 7.78. The summed E-state index contributed by atoms with van der Waals surface area (Å²) in [6.45, 7) is 1.83. The molecule has 0 amide bonds. The molecule has 6 heteroatoms. The van der Waals surface area contributed by atoms with Gasteiger partial charge in [-0.1, -0.05) is 54.1 Å². The van der Waals surface area contributed by atoms with Crippen molar-refractivity contribution in [3.8, 4) is 0 Å². The number of alkyl halides is 3. The maximum Gasteiger partial charge on any atom is 0.414 e. The predicted octanol–water partition coefficient (Wildman–Crippen LogP) is 5.88. The monoisotopic (exact) mass is 356 g/mol. The topological polar surface area (TPSA) is 9.23 Å². The first kappa shape index (κ1) is 19.1. The molecule has 0 aliphatic carbocycles. The molecule has 2 rings (SSSR count). The molecule has 0 aromatic heterocycles. The van der Waals surface area contributed by atoms with Crippen molar-refractivity contribution in [1.82, 2.24) is 0 Å². The zero-order valence-electron chi connectivity index (χ0n) is 13.7. The second-order valence-corrected chi connectivity index (χ2v) is 5.66. The molecule has 0 fully saturated rings. The van der Waals surface area contributed by atoms with Crippen molar-refractivity contribution in [2.24, 2.45) is 0 Å². The Labute approximate surface area is 142 Å². The molecule has 134 valence electrons. The van der Waals surface area contributed by atoms with E-state index in [1.807, 2.05) is 6.92 Å². The molecule has 0 heterocycles. The number of rotatable bonds is 5. The lowest BCUT2D eigenvalue weighted by atomic mass is 10.0. The van der Waals surface area contributed by atoms with Gasteiger partial charge in [0.1, 0.15) is 0 Å². The Balaban J connectivity index is 2.21. The van der Waals surface area contributed by atoms with Crippen molar-refractivity contribution in [3.05, 3.63) is 70.8 Å². The van der Waals surface area contributed by atoms with E-state index in [-0.39, 0.29) is 11.1 Å². The standard InChI is InChI=1S/C19H17F5O/c1-12-3-7-14(8-4-12)17(20)18(21)15-9-5-13(6-10-15)11-16(25-2)19(22,23)24/h3-10,16H,11H2,1-2H3/b18-17-. The summed E-state index contributed by atoms with van der Waals surface area (Å²) in [4.78, 5) is 0. The van der Waals surface area contributed by atoms with E-state index in [0.717, 1.165) is 12.7 Å². The molecule has 0 N–H and O–H groups in total. The van der Waals surface area contributed by atoms with Crippen molar-refractivity contribution in [1.29, 1.82) is 0 Å². The van der Waals surface area contributed by atoms with Crippen LogP contribution in [0.1, 0.15) is 22.3 Å². The van der Waals surface area contributed by atoms with Crippen LogP contribution in [0.25, 0.3) is 11.7 Å². The van der Waals surface area contributed by atoms with Gasteiger partial charge in [-0.05, 0) is 12.5 Å². The van der Waals surface area contributed by atoms with Crippen LogP contribution in [0, 0.1) is 6.92 Å². The van der Waals surface area contributed by atoms with Gasteiger partial charge in [-0.15, -0.1) is 0 Å². The summed E-state index contributed by atoms with van der Waals surface area (Å²) in [6.07, 6.45) is -6.83. The van der Waals surface area contributed by atoms with Gasteiger partial charge in [0.15, 0.2) is 17.8 Å². The molecule has 0 radical (unpaired) electrons. The van der Waals surface area contributed by atoms with Gasteiger partial charge in [-0.2, -0.15) is 13.2 Å². The van der Waals surface area contributed by atoms with E-state index in [1.165, 1.54) is 36.4 Å². The van der Waals surface area contributed by atoms with Crippen molar-refractivity contribution in [2.45, 2.75) is 25.6 Å². The predicted molar refractivity (Wildman–Crippen MR) is 87.2 cm³/mol. The number of hydrogen-bond donors (Lipinski definition) is 0. The highest BCUT2D eigenvalue weighted by Gasteiger charge is 2.39. The fourth-order valence-electron chi connectivity index (χ4n) is 2.29. The highest BCUT2D eigenvalue weighted by molar-refractivity contribution is 5.83. The van der Waals surface area contributed by atoms with Gasteiger partial charge < -0.3 is 4.74 Å². The number of methoxy groups -OCH3 is 1. The van der Waals surface area contributed by atoms with E-state index in [0.29, 0.717) is 5.56 Å². The SMILES string of the molecule is COC(Cc1ccc(/C(F)=C(/F)c2ccc(C)cc2)cc1)C(F)(F)F. The van der Waals surface area contributed by atoms with Gasteiger partial charge >= 0.3 is 6.18 Å². The molecular formula is C19H17F5O. The van der Waals surface area contributed by atoms with E-state index in [1.54, 1.807) is 12.1 Å². The number of aryl methyl sites for hydroxylation is 1. The molecule has 0 saturated carbocycles. The van der Waals surface area contributed by atoms with Crippen molar-refractivity contribution in [2.75, 3.05) is 7.11 Å². The minimum atomic E-state index is -4.49. The summed E-state index contributed by atoms with van der Waals surface area (Å²) in [5.74, 6) is -2.08. The Bertz CT molecular complexity index is 730. The van der Waals surface area contributed by atoms with Gasteiger partial charge in [-0.3, -0.25) is 0 Å². The third-order valence-electron chi connectivity index (χ3n) is 3.78. The van der Waals surface area contributed by atoms with Crippen molar-refractivity contribution < 1.29 is 26.7 Å². The fourth-order valence-corrected chi connectivity index (χ4v) is 2.29.